The summed E-state index contributed by atoms with van der Waals surface area (Å²) < 4.78 is 25.5. The number of anilines is 2. The van der Waals surface area contributed by atoms with E-state index in [2.05, 4.69) is 30.0 Å². The van der Waals surface area contributed by atoms with Crippen LogP contribution in [0.2, 0.25) is 5.02 Å². The van der Waals surface area contributed by atoms with Crippen molar-refractivity contribution < 1.29 is 13.5 Å². The monoisotopic (exact) mass is 442 g/mol. The number of halogens is 1. The van der Waals surface area contributed by atoms with Crippen LogP contribution in [0.3, 0.4) is 0 Å². The van der Waals surface area contributed by atoms with Crippen molar-refractivity contribution in [2.24, 2.45) is 5.92 Å². The molecule has 2 rings (SSSR count). The Morgan fingerprint density at radius 2 is 1.83 bits per heavy atom. The predicted octanol–water partition coefficient (Wildman–Crippen LogP) is 2.46. The molecular weight excluding hydrogens is 416 g/mol. The second-order valence-corrected chi connectivity index (χ2v) is 9.62. The second-order valence-electron chi connectivity index (χ2n) is 7.43. The van der Waals surface area contributed by atoms with Gasteiger partial charge in [0.25, 0.3) is 0 Å². The number of aliphatic hydroxyl groups excluding tert-OH is 1. The highest BCUT2D eigenvalue weighted by atomic mass is 35.5. The van der Waals surface area contributed by atoms with Gasteiger partial charge in [-0.2, -0.15) is 15.0 Å². The van der Waals surface area contributed by atoms with Crippen LogP contribution in [0.15, 0.2) is 18.3 Å². The van der Waals surface area contributed by atoms with E-state index >= 15 is 0 Å². The van der Waals surface area contributed by atoms with Gasteiger partial charge in [0.1, 0.15) is 5.82 Å². The maximum atomic E-state index is 11.6. The van der Waals surface area contributed by atoms with Crippen molar-refractivity contribution >= 4 is 33.5 Å². The lowest BCUT2D eigenvalue weighted by atomic mass is 10.0. The second kappa shape index (κ2) is 10.1. The first kappa shape index (κ1) is 23.2. The van der Waals surface area contributed by atoms with Gasteiger partial charge in [0, 0.05) is 24.2 Å². The molecule has 0 bridgehead atoms. The first-order chi connectivity index (χ1) is 13.6. The Bertz CT molecular complexity index is 908. The Balaban J connectivity index is 2.29. The lowest BCUT2D eigenvalue weighted by Gasteiger charge is -2.19. The van der Waals surface area contributed by atoms with Crippen molar-refractivity contribution in [1.29, 1.82) is 0 Å². The number of nitrogens with one attached hydrogen (secondary N) is 2. The molecule has 2 aromatic heterocycles. The molecular formula is C18H27ClN6O3S. The molecule has 2 atom stereocenters. The van der Waals surface area contributed by atoms with Crippen molar-refractivity contribution in [1.82, 2.24) is 19.9 Å². The molecule has 9 nitrogen and oxygen atoms in total. The fraction of sp³-hybridized carbons (Fsp3) is 0.556. The SMILES string of the molecule is CC(C)C[C@H](CO)Nc1nc(C[C@@H](C)c2ccc(Cl)cn2)nc(NS(C)(=O)=O)n1. The van der Waals surface area contributed by atoms with Gasteiger partial charge in [0.05, 0.1) is 23.9 Å². The minimum atomic E-state index is -3.56. The van der Waals surface area contributed by atoms with E-state index in [0.717, 1.165) is 11.9 Å². The van der Waals surface area contributed by atoms with E-state index < -0.39 is 10.0 Å². The van der Waals surface area contributed by atoms with Crippen LogP contribution in [0.5, 0.6) is 0 Å². The maximum Gasteiger partial charge on any atom is 0.241 e. The Labute approximate surface area is 176 Å². The molecule has 0 aliphatic heterocycles. The van der Waals surface area contributed by atoms with E-state index in [1.165, 1.54) is 0 Å². The van der Waals surface area contributed by atoms with Gasteiger partial charge in [-0.3, -0.25) is 9.71 Å². The van der Waals surface area contributed by atoms with E-state index in [4.69, 9.17) is 11.6 Å². The third kappa shape index (κ3) is 8.08. The molecule has 2 heterocycles. The summed E-state index contributed by atoms with van der Waals surface area (Å²) in [6, 6.07) is 3.33. The quantitative estimate of drug-likeness (QED) is 0.511. The van der Waals surface area contributed by atoms with Gasteiger partial charge < -0.3 is 10.4 Å². The number of rotatable bonds is 10. The number of aliphatic hydroxyl groups is 1. The molecule has 0 amide bonds. The fourth-order valence-corrected chi connectivity index (χ4v) is 3.31. The van der Waals surface area contributed by atoms with Crippen molar-refractivity contribution in [3.8, 4) is 0 Å². The maximum absolute atomic E-state index is 11.6. The number of sulfonamides is 1. The average Bonchev–Trinajstić information content (AvgIpc) is 2.59. The van der Waals surface area contributed by atoms with E-state index in [-0.39, 0.29) is 30.5 Å². The smallest absolute Gasteiger partial charge is 0.241 e. The predicted molar refractivity (Wildman–Crippen MR) is 114 cm³/mol. The summed E-state index contributed by atoms with van der Waals surface area (Å²) in [6.07, 6.45) is 3.72. The van der Waals surface area contributed by atoms with Crippen molar-refractivity contribution in [2.75, 3.05) is 22.9 Å². The zero-order valence-corrected chi connectivity index (χ0v) is 18.5. The van der Waals surface area contributed by atoms with Crippen molar-refractivity contribution in [3.63, 3.8) is 0 Å². The largest absolute Gasteiger partial charge is 0.394 e. The number of nitrogens with zero attached hydrogens (tertiary/aromatic N) is 4. The molecule has 3 N–H and O–H groups in total. The van der Waals surface area contributed by atoms with Crippen LogP contribution in [-0.4, -0.2) is 52.4 Å². The minimum absolute atomic E-state index is 0.0297. The molecule has 11 heteroatoms. The van der Waals surface area contributed by atoms with Crippen LogP contribution < -0.4 is 10.0 Å². The fourth-order valence-electron chi connectivity index (χ4n) is 2.78. The standard InChI is InChI=1S/C18H27ClN6O3S/c1-11(2)7-14(10-26)21-17-22-16(23-18(24-17)25-29(4,27)28)8-12(3)15-6-5-13(19)9-20-15/h5-6,9,11-12,14,26H,7-8,10H2,1-4H3,(H2,21,22,23,24,25)/t12-,14-/m1/s1. The van der Waals surface area contributed by atoms with Crippen LogP contribution >= 0.6 is 11.6 Å². The Kier molecular flexibility index (Phi) is 8.12. The van der Waals surface area contributed by atoms with Crippen LogP contribution in [0, 0.1) is 5.92 Å². The minimum Gasteiger partial charge on any atom is -0.394 e. The third-order valence-corrected chi connectivity index (χ3v) is 4.79. The van der Waals surface area contributed by atoms with E-state index in [9.17, 15) is 13.5 Å². The van der Waals surface area contributed by atoms with Crippen molar-refractivity contribution in [3.05, 3.63) is 34.9 Å². The summed E-state index contributed by atoms with van der Waals surface area (Å²) in [4.78, 5) is 17.1. The summed E-state index contributed by atoms with van der Waals surface area (Å²) >= 11 is 5.89. The topological polar surface area (TPSA) is 130 Å². The molecule has 2 aromatic rings. The van der Waals surface area contributed by atoms with E-state index in [1.54, 1.807) is 12.3 Å². The summed E-state index contributed by atoms with van der Waals surface area (Å²) in [7, 11) is -3.56. The lowest BCUT2D eigenvalue weighted by molar-refractivity contribution is 0.259. The van der Waals surface area contributed by atoms with Crippen LogP contribution in [-0.2, 0) is 16.4 Å². The highest BCUT2D eigenvalue weighted by Crippen LogP contribution is 2.20. The van der Waals surface area contributed by atoms with Gasteiger partial charge in [-0.05, 0) is 24.5 Å². The summed E-state index contributed by atoms with van der Waals surface area (Å²) in [5.74, 6) is 0.859. The third-order valence-electron chi connectivity index (χ3n) is 4.01. The lowest BCUT2D eigenvalue weighted by Crippen LogP contribution is -2.27. The van der Waals surface area contributed by atoms with Crippen LogP contribution in [0.4, 0.5) is 11.9 Å². The number of pyridine rings is 1. The van der Waals surface area contributed by atoms with Gasteiger partial charge >= 0.3 is 0 Å². The molecule has 0 aliphatic carbocycles. The molecule has 0 aliphatic rings. The zero-order chi connectivity index (χ0) is 21.6. The zero-order valence-electron chi connectivity index (χ0n) is 16.9. The summed E-state index contributed by atoms with van der Waals surface area (Å²) in [5.41, 5.74) is 0.815. The first-order valence-electron chi connectivity index (χ1n) is 9.27. The highest BCUT2D eigenvalue weighted by Gasteiger charge is 2.17. The molecule has 160 valence electrons. The summed E-state index contributed by atoms with van der Waals surface area (Å²) in [6.45, 7) is 5.95. The van der Waals surface area contributed by atoms with E-state index in [0.29, 0.717) is 29.6 Å². The molecule has 0 radical (unpaired) electrons. The molecule has 0 unspecified atom stereocenters. The van der Waals surface area contributed by atoms with Gasteiger partial charge in [0.2, 0.25) is 21.9 Å². The molecule has 0 saturated carbocycles. The molecule has 29 heavy (non-hydrogen) atoms. The van der Waals surface area contributed by atoms with Crippen molar-refractivity contribution in [2.45, 2.75) is 45.6 Å². The van der Waals surface area contributed by atoms with Gasteiger partial charge in [-0.25, -0.2) is 8.42 Å². The van der Waals surface area contributed by atoms with Crippen LogP contribution in [0.1, 0.15) is 44.6 Å². The van der Waals surface area contributed by atoms with E-state index in [1.807, 2.05) is 26.8 Å². The summed E-state index contributed by atoms with van der Waals surface area (Å²) in [5, 5.41) is 13.2. The first-order valence-corrected chi connectivity index (χ1v) is 11.5. The normalized spacial score (nSPS) is 13.9. The highest BCUT2D eigenvalue weighted by molar-refractivity contribution is 7.91. The Morgan fingerprint density at radius 3 is 2.38 bits per heavy atom. The molecule has 0 aromatic carbocycles. The molecule has 0 saturated heterocycles. The van der Waals surface area contributed by atoms with Gasteiger partial charge in [0.15, 0.2) is 0 Å². The molecule has 0 fully saturated rings. The van der Waals surface area contributed by atoms with Gasteiger partial charge in [-0.1, -0.05) is 32.4 Å². The van der Waals surface area contributed by atoms with Crippen LogP contribution in [0.25, 0.3) is 0 Å². The number of aromatic nitrogens is 4. The Morgan fingerprint density at radius 1 is 1.14 bits per heavy atom. The van der Waals surface area contributed by atoms with Gasteiger partial charge in [-0.15, -0.1) is 0 Å². The average molecular weight is 443 g/mol. The number of hydrogen-bond donors (Lipinski definition) is 3. The Hall–Kier alpha value is -2.04. The molecule has 0 spiro atoms. The number of hydrogen-bond acceptors (Lipinski definition) is 8.